The number of amides is 1. The van der Waals surface area contributed by atoms with Crippen LogP contribution in [0.2, 0.25) is 0 Å². The molecule has 2 rings (SSSR count). The van der Waals surface area contributed by atoms with Crippen molar-refractivity contribution >= 4 is 11.9 Å². The lowest BCUT2D eigenvalue weighted by molar-refractivity contribution is -0.146. The van der Waals surface area contributed by atoms with E-state index in [4.69, 9.17) is 0 Å². The molecule has 5 heteroatoms. The van der Waals surface area contributed by atoms with E-state index in [0.717, 1.165) is 5.69 Å². The Morgan fingerprint density at radius 1 is 1.35 bits per heavy atom. The third-order valence-electron chi connectivity index (χ3n) is 3.94. The van der Waals surface area contributed by atoms with Crippen molar-refractivity contribution in [1.82, 2.24) is 10.3 Å². The number of carbonyl (C=O) groups is 2. The molecule has 1 aliphatic rings. The molecule has 1 aromatic rings. The first-order valence-electron chi connectivity index (χ1n) is 6.93. The van der Waals surface area contributed by atoms with Crippen LogP contribution in [0.15, 0.2) is 24.4 Å². The lowest BCUT2D eigenvalue weighted by Crippen LogP contribution is -2.36. The zero-order valence-electron chi connectivity index (χ0n) is 11.7. The summed E-state index contributed by atoms with van der Waals surface area (Å²) in [6, 6.07) is 5.31. The summed E-state index contributed by atoms with van der Waals surface area (Å²) in [4.78, 5) is 27.7. The van der Waals surface area contributed by atoms with Crippen molar-refractivity contribution in [3.05, 3.63) is 30.1 Å². The van der Waals surface area contributed by atoms with Crippen LogP contribution in [0.4, 0.5) is 0 Å². The summed E-state index contributed by atoms with van der Waals surface area (Å²) in [5.41, 5.74) is 0.777. The van der Waals surface area contributed by atoms with Crippen LogP contribution in [0.25, 0.3) is 0 Å². The van der Waals surface area contributed by atoms with Crippen molar-refractivity contribution in [2.24, 2.45) is 17.8 Å². The van der Waals surface area contributed by atoms with Crippen LogP contribution in [-0.2, 0) is 9.59 Å². The van der Waals surface area contributed by atoms with Crippen LogP contribution in [0.3, 0.4) is 0 Å². The molecule has 1 amide bonds. The molecule has 1 aromatic heterocycles. The van der Waals surface area contributed by atoms with Gasteiger partial charge in [-0.3, -0.25) is 14.6 Å². The Kier molecular flexibility index (Phi) is 4.37. The number of nitrogens with zero attached hydrogens (tertiary/aromatic N) is 1. The normalized spacial score (nSPS) is 27.0. The maximum Gasteiger partial charge on any atom is 0.307 e. The molecule has 5 nitrogen and oxygen atoms in total. The number of pyridine rings is 1. The Bertz CT molecular complexity index is 489. The Hall–Kier alpha value is -1.91. The lowest BCUT2D eigenvalue weighted by atomic mass is 9.95. The predicted octanol–water partition coefficient (Wildman–Crippen LogP) is 2.01. The summed E-state index contributed by atoms with van der Waals surface area (Å²) >= 11 is 0. The first kappa shape index (κ1) is 14.5. The van der Waals surface area contributed by atoms with Crippen LogP contribution in [-0.4, -0.2) is 22.0 Å². The number of aliphatic carboxylic acids is 1. The van der Waals surface area contributed by atoms with Crippen LogP contribution in [0.1, 0.15) is 38.4 Å². The monoisotopic (exact) mass is 276 g/mol. The van der Waals surface area contributed by atoms with E-state index in [9.17, 15) is 14.7 Å². The maximum atomic E-state index is 12.3. The number of carboxylic acid groups (broad SMARTS) is 1. The Labute approximate surface area is 118 Å². The van der Waals surface area contributed by atoms with Crippen molar-refractivity contribution in [3.8, 4) is 0 Å². The largest absolute Gasteiger partial charge is 0.481 e. The number of hydrogen-bond acceptors (Lipinski definition) is 3. The van der Waals surface area contributed by atoms with Crippen molar-refractivity contribution in [2.45, 2.75) is 32.7 Å². The minimum absolute atomic E-state index is 0.181. The molecule has 0 aliphatic heterocycles. The minimum Gasteiger partial charge on any atom is -0.481 e. The molecule has 0 bridgehead atoms. The number of rotatable bonds is 4. The van der Waals surface area contributed by atoms with E-state index in [2.05, 4.69) is 10.3 Å². The molecule has 1 saturated carbocycles. The van der Waals surface area contributed by atoms with Crippen molar-refractivity contribution in [1.29, 1.82) is 0 Å². The van der Waals surface area contributed by atoms with E-state index in [0.29, 0.717) is 12.8 Å². The molecule has 0 spiro atoms. The molecule has 108 valence electrons. The van der Waals surface area contributed by atoms with Crippen molar-refractivity contribution in [3.63, 3.8) is 0 Å². The predicted molar refractivity (Wildman–Crippen MR) is 73.8 cm³/mol. The molecular formula is C15H20N2O3. The van der Waals surface area contributed by atoms with Gasteiger partial charge in [-0.15, -0.1) is 0 Å². The van der Waals surface area contributed by atoms with Gasteiger partial charge in [0.05, 0.1) is 23.6 Å². The zero-order valence-corrected chi connectivity index (χ0v) is 11.7. The van der Waals surface area contributed by atoms with E-state index in [-0.39, 0.29) is 17.9 Å². The van der Waals surface area contributed by atoms with Gasteiger partial charge in [-0.05, 0) is 37.8 Å². The second kappa shape index (κ2) is 6.03. The molecule has 0 saturated heterocycles. The minimum atomic E-state index is -0.875. The number of nitrogens with one attached hydrogen (secondary N) is 1. The third kappa shape index (κ3) is 3.15. The summed E-state index contributed by atoms with van der Waals surface area (Å²) < 4.78 is 0. The second-order valence-electron chi connectivity index (χ2n) is 5.61. The molecule has 1 heterocycles. The van der Waals surface area contributed by atoms with E-state index < -0.39 is 17.8 Å². The standard InChI is InChI=1S/C15H20N2O3/c1-9-7-11(12(8-9)15(19)20)14(18)17-10(2)13-5-3-4-6-16-13/h3-6,9-12H,7-8H2,1-2H3,(H,17,18)(H,19,20)/t9?,10-,11?,12?/m0/s1. The van der Waals surface area contributed by atoms with Gasteiger partial charge in [-0.2, -0.15) is 0 Å². The summed E-state index contributed by atoms with van der Waals surface area (Å²) in [5.74, 6) is -1.79. The van der Waals surface area contributed by atoms with Crippen LogP contribution in [0, 0.1) is 17.8 Å². The third-order valence-corrected chi connectivity index (χ3v) is 3.94. The molecule has 0 radical (unpaired) electrons. The molecule has 4 atom stereocenters. The lowest BCUT2D eigenvalue weighted by Gasteiger charge is -2.19. The zero-order chi connectivity index (χ0) is 14.7. The van der Waals surface area contributed by atoms with E-state index >= 15 is 0 Å². The van der Waals surface area contributed by atoms with Crippen molar-refractivity contribution < 1.29 is 14.7 Å². The number of hydrogen-bond donors (Lipinski definition) is 2. The second-order valence-corrected chi connectivity index (χ2v) is 5.61. The summed E-state index contributed by atoms with van der Waals surface area (Å²) in [5, 5.41) is 12.1. The smallest absolute Gasteiger partial charge is 0.307 e. The highest BCUT2D eigenvalue weighted by Gasteiger charge is 2.41. The van der Waals surface area contributed by atoms with Crippen molar-refractivity contribution in [2.75, 3.05) is 0 Å². The first-order valence-corrected chi connectivity index (χ1v) is 6.93. The molecule has 2 N–H and O–H groups in total. The van der Waals surface area contributed by atoms with Gasteiger partial charge >= 0.3 is 5.97 Å². The molecule has 1 fully saturated rings. The van der Waals surface area contributed by atoms with Gasteiger partial charge in [0, 0.05) is 6.20 Å². The van der Waals surface area contributed by atoms with E-state index in [1.54, 1.807) is 6.20 Å². The highest BCUT2D eigenvalue weighted by Crippen LogP contribution is 2.36. The maximum absolute atomic E-state index is 12.3. The fraction of sp³-hybridized carbons (Fsp3) is 0.533. The first-order chi connectivity index (χ1) is 9.49. The summed E-state index contributed by atoms with van der Waals surface area (Å²) in [6.07, 6.45) is 2.89. The van der Waals surface area contributed by atoms with Gasteiger partial charge in [-0.25, -0.2) is 0 Å². The Balaban J connectivity index is 2.02. The highest BCUT2D eigenvalue weighted by atomic mass is 16.4. The Morgan fingerprint density at radius 3 is 2.65 bits per heavy atom. The van der Waals surface area contributed by atoms with Gasteiger partial charge in [0.15, 0.2) is 0 Å². The van der Waals surface area contributed by atoms with Crippen LogP contribution in [0.5, 0.6) is 0 Å². The molecule has 3 unspecified atom stereocenters. The summed E-state index contributed by atoms with van der Waals surface area (Å²) in [7, 11) is 0. The Morgan fingerprint density at radius 2 is 2.05 bits per heavy atom. The van der Waals surface area contributed by atoms with Crippen LogP contribution < -0.4 is 5.32 Å². The van der Waals surface area contributed by atoms with Gasteiger partial charge in [0.2, 0.25) is 5.91 Å². The fourth-order valence-corrected chi connectivity index (χ4v) is 2.88. The topological polar surface area (TPSA) is 79.3 Å². The molecular weight excluding hydrogens is 256 g/mol. The SMILES string of the molecule is CC1CC(C(=O)O)C(C(=O)N[C@@H](C)c2ccccn2)C1. The molecule has 20 heavy (non-hydrogen) atoms. The average molecular weight is 276 g/mol. The quantitative estimate of drug-likeness (QED) is 0.881. The van der Waals surface area contributed by atoms with E-state index in [1.807, 2.05) is 32.0 Å². The van der Waals surface area contributed by atoms with Gasteiger partial charge < -0.3 is 10.4 Å². The summed E-state index contributed by atoms with van der Waals surface area (Å²) in [6.45, 7) is 3.85. The average Bonchev–Trinajstić information content (AvgIpc) is 2.82. The molecule has 1 aliphatic carbocycles. The molecule has 0 aromatic carbocycles. The van der Waals surface area contributed by atoms with Crippen LogP contribution >= 0.6 is 0 Å². The highest BCUT2D eigenvalue weighted by molar-refractivity contribution is 5.85. The van der Waals surface area contributed by atoms with Gasteiger partial charge in [-0.1, -0.05) is 13.0 Å². The van der Waals surface area contributed by atoms with E-state index in [1.165, 1.54) is 0 Å². The number of aromatic nitrogens is 1. The van der Waals surface area contributed by atoms with Gasteiger partial charge in [0.25, 0.3) is 0 Å². The van der Waals surface area contributed by atoms with Gasteiger partial charge in [0.1, 0.15) is 0 Å². The number of carboxylic acids is 1. The fourth-order valence-electron chi connectivity index (χ4n) is 2.88. The number of carbonyl (C=O) groups excluding carboxylic acids is 1.